The van der Waals surface area contributed by atoms with Crippen molar-refractivity contribution in [3.8, 4) is 17.2 Å². The molecule has 0 saturated carbocycles. The maximum absolute atomic E-state index is 13.0. The first-order valence-corrected chi connectivity index (χ1v) is 13.0. The highest BCUT2D eigenvalue weighted by molar-refractivity contribution is 6.52. The first-order chi connectivity index (χ1) is 20.3. The van der Waals surface area contributed by atoms with Crippen LogP contribution in [0.1, 0.15) is 28.4 Å². The van der Waals surface area contributed by atoms with E-state index in [1.165, 1.54) is 14.0 Å². The minimum atomic E-state index is -0.262. The van der Waals surface area contributed by atoms with Crippen LogP contribution in [-0.4, -0.2) is 61.2 Å². The fourth-order valence-electron chi connectivity index (χ4n) is 4.03. The molecule has 3 aromatic rings. The van der Waals surface area contributed by atoms with Gasteiger partial charge in [-0.25, -0.2) is 0 Å². The van der Waals surface area contributed by atoms with Gasteiger partial charge < -0.3 is 29.7 Å². The molecule has 0 aliphatic heterocycles. The van der Waals surface area contributed by atoms with Crippen LogP contribution >= 0.6 is 0 Å². The molecule has 1 aliphatic carbocycles. The van der Waals surface area contributed by atoms with Crippen LogP contribution < -0.4 is 25.0 Å². The normalized spacial score (nSPS) is 13.3. The number of allylic oxidation sites excluding steroid dienone is 1. The Labute approximate surface area is 242 Å². The van der Waals surface area contributed by atoms with Crippen LogP contribution in [-0.2, 0) is 4.79 Å². The molecular formula is C30H31N5O7. The summed E-state index contributed by atoms with van der Waals surface area (Å²) in [5.74, 6) is 0.814. The van der Waals surface area contributed by atoms with E-state index in [1.54, 1.807) is 60.7 Å². The topological polar surface area (TPSA) is 163 Å². The monoisotopic (exact) mass is 573 g/mol. The van der Waals surface area contributed by atoms with Gasteiger partial charge >= 0.3 is 0 Å². The number of anilines is 2. The maximum Gasteiger partial charge on any atom is 0.221 e. The fourth-order valence-corrected chi connectivity index (χ4v) is 4.03. The van der Waals surface area contributed by atoms with Crippen LogP contribution in [0.25, 0.3) is 6.08 Å². The molecule has 42 heavy (non-hydrogen) atoms. The van der Waals surface area contributed by atoms with Gasteiger partial charge in [0, 0.05) is 30.3 Å². The van der Waals surface area contributed by atoms with Gasteiger partial charge in [-0.1, -0.05) is 6.08 Å². The van der Waals surface area contributed by atoms with E-state index in [2.05, 4.69) is 26.1 Å². The number of Topliss-reactive ketones (excluding diaryl/α,β-unsaturated/α-hetero) is 1. The SMILES string of the molecule is COc1cc(/N=N/c2ccc(OCCO)cc2OCCO)c(C)cc1N/N=C1/C=Cc2cc(NC(C)=O)ccc2C1=O. The number of carbonyl (C=O) groups is 2. The number of nitrogens with zero attached hydrogens (tertiary/aromatic N) is 3. The van der Waals surface area contributed by atoms with Crippen molar-refractivity contribution in [3.63, 3.8) is 0 Å². The van der Waals surface area contributed by atoms with Crippen molar-refractivity contribution >= 4 is 46.2 Å². The van der Waals surface area contributed by atoms with Crippen LogP contribution in [0, 0.1) is 6.92 Å². The van der Waals surface area contributed by atoms with Crippen molar-refractivity contribution in [2.24, 2.45) is 15.3 Å². The standard InChI is InChI=1S/C30H31N5O7/c1-18-14-27(35-33-25-8-4-20-15-21(31-19(2)38)5-7-23(20)30(25)39)28(40-3)17-26(18)34-32-24-9-6-22(41-12-10-36)16-29(24)42-13-11-37/h4-9,14-17,35-37H,10-13H2,1-3H3,(H,31,38)/b33-25-,34-32+. The lowest BCUT2D eigenvalue weighted by molar-refractivity contribution is -0.114. The van der Waals surface area contributed by atoms with Crippen LogP contribution in [0.2, 0.25) is 0 Å². The van der Waals surface area contributed by atoms with Gasteiger partial charge in [0.1, 0.15) is 36.1 Å². The molecule has 12 nitrogen and oxygen atoms in total. The molecule has 4 rings (SSSR count). The quantitative estimate of drug-likeness (QED) is 0.177. The van der Waals surface area contributed by atoms with Gasteiger partial charge in [-0.05, 0) is 60.5 Å². The third kappa shape index (κ3) is 7.36. The van der Waals surface area contributed by atoms with E-state index >= 15 is 0 Å². The molecule has 0 saturated heterocycles. The lowest BCUT2D eigenvalue weighted by Crippen LogP contribution is -2.18. The highest BCUT2D eigenvalue weighted by Crippen LogP contribution is 2.37. The molecule has 0 spiro atoms. The summed E-state index contributed by atoms with van der Waals surface area (Å²) < 4.78 is 16.5. The van der Waals surface area contributed by atoms with Gasteiger partial charge in [0.15, 0.2) is 5.75 Å². The number of aliphatic hydroxyl groups excluding tert-OH is 2. The average Bonchev–Trinajstić information content (AvgIpc) is 2.98. The Bertz CT molecular complexity index is 1570. The number of aliphatic hydroxyl groups is 2. The molecular weight excluding hydrogens is 542 g/mol. The number of aryl methyl sites for hydroxylation is 1. The van der Waals surface area contributed by atoms with Crippen molar-refractivity contribution in [3.05, 3.63) is 71.3 Å². The number of hydrogen-bond acceptors (Lipinski definition) is 11. The van der Waals surface area contributed by atoms with E-state index in [0.29, 0.717) is 51.1 Å². The smallest absolute Gasteiger partial charge is 0.221 e. The van der Waals surface area contributed by atoms with Gasteiger partial charge in [-0.15, -0.1) is 5.11 Å². The van der Waals surface area contributed by atoms with E-state index in [4.69, 9.17) is 19.3 Å². The third-order valence-electron chi connectivity index (χ3n) is 5.99. The number of amides is 1. The van der Waals surface area contributed by atoms with Crippen molar-refractivity contribution in [1.29, 1.82) is 0 Å². The number of fused-ring (bicyclic) bond motifs is 1. The Morgan fingerprint density at radius 2 is 1.67 bits per heavy atom. The van der Waals surface area contributed by atoms with Crippen molar-refractivity contribution < 1.29 is 34.0 Å². The van der Waals surface area contributed by atoms with E-state index in [-0.39, 0.29) is 43.8 Å². The zero-order valence-corrected chi connectivity index (χ0v) is 23.4. The second kappa shape index (κ2) is 14.0. The van der Waals surface area contributed by atoms with Crippen LogP contribution in [0.15, 0.2) is 69.9 Å². The molecule has 218 valence electrons. The molecule has 4 N–H and O–H groups in total. The van der Waals surface area contributed by atoms with Gasteiger partial charge in [0.05, 0.1) is 31.7 Å². The molecule has 0 radical (unpaired) electrons. The van der Waals surface area contributed by atoms with E-state index in [9.17, 15) is 14.7 Å². The highest BCUT2D eigenvalue weighted by atomic mass is 16.5. The molecule has 0 fully saturated rings. The predicted octanol–water partition coefficient (Wildman–Crippen LogP) is 4.80. The van der Waals surface area contributed by atoms with Crippen molar-refractivity contribution in [1.82, 2.24) is 0 Å². The Morgan fingerprint density at radius 1 is 0.905 bits per heavy atom. The summed E-state index contributed by atoms with van der Waals surface area (Å²) in [4.78, 5) is 24.4. The molecule has 1 aliphatic rings. The van der Waals surface area contributed by atoms with Gasteiger partial charge in [-0.2, -0.15) is 10.2 Å². The van der Waals surface area contributed by atoms with E-state index in [1.807, 2.05) is 6.92 Å². The second-order valence-electron chi connectivity index (χ2n) is 9.07. The number of ether oxygens (including phenoxy) is 3. The molecule has 12 heteroatoms. The first kappa shape index (κ1) is 29.9. The summed E-state index contributed by atoms with van der Waals surface area (Å²) in [6.45, 7) is 3.14. The van der Waals surface area contributed by atoms with Crippen molar-refractivity contribution in [2.75, 3.05) is 44.3 Å². The molecule has 0 aromatic heterocycles. The number of azo groups is 1. The summed E-state index contributed by atoms with van der Waals surface area (Å²) in [7, 11) is 1.50. The average molecular weight is 574 g/mol. The van der Waals surface area contributed by atoms with E-state index < -0.39 is 0 Å². The van der Waals surface area contributed by atoms with Gasteiger partial charge in [-0.3, -0.25) is 15.0 Å². The highest BCUT2D eigenvalue weighted by Gasteiger charge is 2.20. The number of hydrogen-bond donors (Lipinski definition) is 4. The fraction of sp³-hybridized carbons (Fsp3) is 0.233. The number of benzene rings is 3. The molecule has 0 heterocycles. The number of methoxy groups -OCH3 is 1. The molecule has 0 atom stereocenters. The van der Waals surface area contributed by atoms with Crippen LogP contribution in [0.4, 0.5) is 22.7 Å². The zero-order chi connectivity index (χ0) is 30.1. The summed E-state index contributed by atoms with van der Waals surface area (Å²) in [6, 6.07) is 13.5. The Morgan fingerprint density at radius 3 is 2.40 bits per heavy atom. The largest absolute Gasteiger partial charge is 0.494 e. The Kier molecular flexibility index (Phi) is 9.98. The minimum absolute atomic E-state index is 0.0586. The zero-order valence-electron chi connectivity index (χ0n) is 23.4. The maximum atomic E-state index is 13.0. The molecule has 3 aromatic carbocycles. The second-order valence-corrected chi connectivity index (χ2v) is 9.07. The lowest BCUT2D eigenvalue weighted by Gasteiger charge is -2.14. The summed E-state index contributed by atoms with van der Waals surface area (Å²) in [6.07, 6.45) is 3.37. The van der Waals surface area contributed by atoms with Crippen molar-refractivity contribution in [2.45, 2.75) is 13.8 Å². The minimum Gasteiger partial charge on any atom is -0.494 e. The van der Waals surface area contributed by atoms with Crippen LogP contribution in [0.5, 0.6) is 17.2 Å². The number of rotatable bonds is 12. The Balaban J connectivity index is 1.54. The summed E-state index contributed by atoms with van der Waals surface area (Å²) >= 11 is 0. The molecule has 0 bridgehead atoms. The van der Waals surface area contributed by atoms with Gasteiger partial charge in [0.2, 0.25) is 11.7 Å². The number of hydrazone groups is 1. The predicted molar refractivity (Wildman–Crippen MR) is 159 cm³/mol. The molecule has 0 unspecified atom stereocenters. The van der Waals surface area contributed by atoms with Crippen LogP contribution in [0.3, 0.4) is 0 Å². The first-order valence-electron chi connectivity index (χ1n) is 13.0. The number of ketones is 1. The summed E-state index contributed by atoms with van der Waals surface area (Å²) in [5.41, 5.74) is 7.10. The third-order valence-corrected chi connectivity index (χ3v) is 5.99. The number of carbonyl (C=O) groups excluding carboxylic acids is 2. The Hall–Kier alpha value is -5.07. The summed E-state index contributed by atoms with van der Waals surface area (Å²) in [5, 5.41) is 33.9. The number of nitrogens with one attached hydrogen (secondary N) is 2. The van der Waals surface area contributed by atoms with E-state index in [0.717, 1.165) is 5.56 Å². The van der Waals surface area contributed by atoms with Gasteiger partial charge in [0.25, 0.3) is 0 Å². The lowest BCUT2D eigenvalue weighted by atomic mass is 9.94. The molecule has 1 amide bonds.